The van der Waals surface area contributed by atoms with Crippen molar-refractivity contribution in [3.05, 3.63) is 77.4 Å². The lowest BCUT2D eigenvalue weighted by atomic mass is 9.67. The van der Waals surface area contributed by atoms with E-state index in [1.165, 1.54) is 12.7 Å². The summed E-state index contributed by atoms with van der Waals surface area (Å²) in [5.41, 5.74) is 1.73. The van der Waals surface area contributed by atoms with Gasteiger partial charge in [0.1, 0.15) is 0 Å². The second-order valence-corrected chi connectivity index (χ2v) is 7.24. The van der Waals surface area contributed by atoms with Gasteiger partial charge in [-0.2, -0.15) is 0 Å². The van der Waals surface area contributed by atoms with E-state index in [9.17, 15) is 9.59 Å². The minimum Gasteiger partial charge on any atom is -0.468 e. The molecular weight excluding hydrogens is 338 g/mol. The largest absolute Gasteiger partial charge is 0.468 e. The van der Waals surface area contributed by atoms with Gasteiger partial charge in [-0.05, 0) is 22.6 Å². The predicted molar refractivity (Wildman–Crippen MR) is 106 cm³/mol. The minimum atomic E-state index is -1.33. The van der Waals surface area contributed by atoms with Gasteiger partial charge in [-0.3, -0.25) is 9.59 Å². The first kappa shape index (κ1) is 18.9. The number of hydrogen-bond acceptors (Lipinski definition) is 3. The Bertz CT molecular complexity index is 845. The molecule has 2 aromatic rings. The Kier molecular flexibility index (Phi) is 5.17. The number of benzene rings is 2. The molecule has 0 unspecified atom stereocenters. The van der Waals surface area contributed by atoms with E-state index in [-0.39, 0.29) is 5.91 Å². The van der Waals surface area contributed by atoms with Crippen LogP contribution in [0.5, 0.6) is 0 Å². The molecule has 0 aromatic heterocycles. The van der Waals surface area contributed by atoms with Crippen molar-refractivity contribution in [3.8, 4) is 0 Å². The summed E-state index contributed by atoms with van der Waals surface area (Å²) in [6.07, 6.45) is 3.51. The van der Waals surface area contributed by atoms with Crippen LogP contribution >= 0.6 is 0 Å². The third-order valence-corrected chi connectivity index (χ3v) is 5.27. The molecule has 3 rings (SSSR count). The number of amides is 1. The quantitative estimate of drug-likeness (QED) is 0.454. The van der Waals surface area contributed by atoms with Crippen LogP contribution in [0.2, 0.25) is 0 Å². The Morgan fingerprint density at radius 1 is 1.11 bits per heavy atom. The second-order valence-electron chi connectivity index (χ2n) is 7.24. The van der Waals surface area contributed by atoms with Gasteiger partial charge in [-0.15, -0.1) is 0 Å². The average molecular weight is 363 g/mol. The van der Waals surface area contributed by atoms with Crippen molar-refractivity contribution in [1.82, 2.24) is 4.90 Å². The number of β-lactam (4-membered cyclic amide) rings is 1. The highest BCUT2D eigenvalue weighted by atomic mass is 16.5. The summed E-state index contributed by atoms with van der Waals surface area (Å²) in [4.78, 5) is 27.2. The molecule has 4 nitrogen and oxygen atoms in total. The van der Waals surface area contributed by atoms with Crippen molar-refractivity contribution in [2.75, 3.05) is 14.2 Å². The van der Waals surface area contributed by atoms with Crippen molar-refractivity contribution >= 4 is 18.0 Å². The summed E-state index contributed by atoms with van der Waals surface area (Å²) >= 11 is 0. The molecule has 0 bridgehead atoms. The highest BCUT2D eigenvalue weighted by Gasteiger charge is 2.64. The second kappa shape index (κ2) is 7.39. The molecule has 0 spiro atoms. The summed E-state index contributed by atoms with van der Waals surface area (Å²) in [5, 5.41) is 0. The third kappa shape index (κ3) is 3.16. The van der Waals surface area contributed by atoms with E-state index < -0.39 is 17.4 Å². The first-order chi connectivity index (χ1) is 12.9. The minimum absolute atomic E-state index is 0.250. The molecule has 1 aliphatic rings. The highest BCUT2D eigenvalue weighted by molar-refractivity contribution is 6.11. The number of likely N-dealkylation sites (tertiary alicyclic amines) is 1. The van der Waals surface area contributed by atoms with Gasteiger partial charge in [0, 0.05) is 7.05 Å². The lowest BCUT2D eigenvalue weighted by molar-refractivity contribution is -0.180. The van der Waals surface area contributed by atoms with Gasteiger partial charge < -0.3 is 9.64 Å². The van der Waals surface area contributed by atoms with Crippen LogP contribution in [-0.4, -0.2) is 30.9 Å². The third-order valence-electron chi connectivity index (χ3n) is 5.27. The molecule has 1 aliphatic heterocycles. The zero-order chi connectivity index (χ0) is 19.6. The summed E-state index contributed by atoms with van der Waals surface area (Å²) in [6.45, 7) is 4.27. The summed E-state index contributed by atoms with van der Waals surface area (Å²) < 4.78 is 5.04. The van der Waals surface area contributed by atoms with E-state index in [1.807, 2.05) is 48.5 Å². The fourth-order valence-corrected chi connectivity index (χ4v) is 3.71. The normalized spacial score (nSPS) is 22.2. The molecule has 1 saturated heterocycles. The van der Waals surface area contributed by atoms with E-state index in [4.69, 9.17) is 4.74 Å². The maximum absolute atomic E-state index is 12.8. The maximum atomic E-state index is 12.8. The topological polar surface area (TPSA) is 46.6 Å². The maximum Gasteiger partial charge on any atom is 0.327 e. The molecule has 2 atom stereocenters. The van der Waals surface area contributed by atoms with Crippen molar-refractivity contribution in [1.29, 1.82) is 0 Å². The first-order valence-corrected chi connectivity index (χ1v) is 9.11. The Morgan fingerprint density at radius 2 is 1.74 bits per heavy atom. The highest BCUT2D eigenvalue weighted by Crippen LogP contribution is 2.51. The Balaban J connectivity index is 2.03. The van der Waals surface area contributed by atoms with Gasteiger partial charge in [-0.25, -0.2) is 0 Å². The van der Waals surface area contributed by atoms with E-state index in [0.29, 0.717) is 5.92 Å². The van der Waals surface area contributed by atoms with E-state index in [0.717, 1.165) is 11.1 Å². The monoisotopic (exact) mass is 363 g/mol. The zero-order valence-corrected chi connectivity index (χ0v) is 16.2. The molecule has 0 aliphatic carbocycles. The molecule has 27 heavy (non-hydrogen) atoms. The van der Waals surface area contributed by atoms with Gasteiger partial charge in [0.2, 0.25) is 5.91 Å². The molecule has 1 heterocycles. The number of nitrogens with zero attached hydrogens (tertiary/aromatic N) is 1. The molecule has 0 N–H and O–H groups in total. The molecule has 4 heteroatoms. The van der Waals surface area contributed by atoms with Crippen LogP contribution in [0.3, 0.4) is 0 Å². The van der Waals surface area contributed by atoms with Gasteiger partial charge in [0.05, 0.1) is 13.2 Å². The number of methoxy groups -OCH3 is 1. The zero-order valence-electron chi connectivity index (χ0n) is 16.2. The van der Waals surface area contributed by atoms with Gasteiger partial charge in [0.15, 0.2) is 5.41 Å². The van der Waals surface area contributed by atoms with Crippen LogP contribution in [0.1, 0.15) is 42.5 Å². The summed E-state index contributed by atoms with van der Waals surface area (Å²) in [6, 6.07) is 17.3. The lowest BCUT2D eigenvalue weighted by Gasteiger charge is -2.51. The van der Waals surface area contributed by atoms with Crippen LogP contribution in [-0.2, 0) is 14.3 Å². The van der Waals surface area contributed by atoms with Crippen LogP contribution in [0.4, 0.5) is 0 Å². The Hall–Kier alpha value is -2.88. The van der Waals surface area contributed by atoms with Gasteiger partial charge in [0.25, 0.3) is 0 Å². The number of rotatable bonds is 5. The van der Waals surface area contributed by atoms with Crippen molar-refractivity contribution < 1.29 is 14.3 Å². The van der Waals surface area contributed by atoms with E-state index in [1.54, 1.807) is 18.0 Å². The fraction of sp³-hybridized carbons (Fsp3) is 0.304. The van der Waals surface area contributed by atoms with Crippen molar-refractivity contribution in [2.24, 2.45) is 5.41 Å². The lowest BCUT2D eigenvalue weighted by Crippen LogP contribution is -2.64. The van der Waals surface area contributed by atoms with Gasteiger partial charge in [-0.1, -0.05) is 80.6 Å². The van der Waals surface area contributed by atoms with E-state index in [2.05, 4.69) is 26.0 Å². The van der Waals surface area contributed by atoms with Crippen molar-refractivity contribution in [2.45, 2.75) is 25.8 Å². The first-order valence-electron chi connectivity index (χ1n) is 9.11. The fourth-order valence-electron chi connectivity index (χ4n) is 3.71. The van der Waals surface area contributed by atoms with Crippen molar-refractivity contribution in [3.63, 3.8) is 0 Å². The average Bonchev–Trinajstić information content (AvgIpc) is 2.70. The smallest absolute Gasteiger partial charge is 0.327 e. The molecule has 1 amide bonds. The number of esters is 1. The molecule has 0 radical (unpaired) electrons. The van der Waals surface area contributed by atoms with Crippen LogP contribution in [0.15, 0.2) is 60.7 Å². The van der Waals surface area contributed by atoms with Crippen LogP contribution in [0, 0.1) is 5.41 Å². The summed E-state index contributed by atoms with van der Waals surface area (Å²) in [7, 11) is 3.05. The van der Waals surface area contributed by atoms with E-state index >= 15 is 0 Å². The Labute approximate surface area is 160 Å². The predicted octanol–water partition coefficient (Wildman–Crippen LogP) is 4.20. The number of carbonyl (C=O) groups is 2. The SMILES string of the molecule is COC(=O)[C@]1(/C=C/c2ccccc2)C(=O)N(C)[C@@H]1c1ccc(C(C)C)cc1. The van der Waals surface area contributed by atoms with Crippen LogP contribution in [0.25, 0.3) is 6.08 Å². The molecule has 2 aromatic carbocycles. The number of hydrogen-bond donors (Lipinski definition) is 0. The number of carbonyl (C=O) groups excluding carboxylic acids is 2. The molecule has 1 fully saturated rings. The van der Waals surface area contributed by atoms with Crippen LogP contribution < -0.4 is 0 Å². The summed E-state index contributed by atoms with van der Waals surface area (Å²) in [5.74, 6) is -0.363. The molecular formula is C23H25NO3. The standard InChI is InChI=1S/C23H25NO3/c1-16(2)18-10-12-19(13-11-18)20-23(22(26)27-4,21(25)24(20)3)15-14-17-8-6-5-7-9-17/h5-16,20H,1-4H3/b15-14+/t20-,23+/m1/s1. The molecule has 140 valence electrons. The van der Waals surface area contributed by atoms with Gasteiger partial charge >= 0.3 is 5.97 Å². The number of ether oxygens (including phenoxy) is 1. The Morgan fingerprint density at radius 3 is 2.30 bits per heavy atom. The molecule has 0 saturated carbocycles.